The predicted molar refractivity (Wildman–Crippen MR) is 83.9 cm³/mol. The van der Waals surface area contributed by atoms with Crippen LogP contribution in [0.15, 0.2) is 34.1 Å². The Morgan fingerprint density at radius 1 is 1.40 bits per heavy atom. The van der Waals surface area contributed by atoms with E-state index in [9.17, 15) is 4.79 Å². The molecule has 0 N–H and O–H groups in total. The summed E-state index contributed by atoms with van der Waals surface area (Å²) in [4.78, 5) is 12.1. The molecule has 0 saturated carbocycles. The highest BCUT2D eigenvalue weighted by molar-refractivity contribution is 9.11. The zero-order chi connectivity index (χ0) is 14.7. The molecule has 0 unspecified atom stereocenters. The van der Waals surface area contributed by atoms with Crippen LogP contribution >= 0.6 is 38.9 Å². The summed E-state index contributed by atoms with van der Waals surface area (Å²) in [6.45, 7) is 1.88. The molecule has 0 saturated heterocycles. The largest absolute Gasteiger partial charge is 0.484 e. The van der Waals surface area contributed by atoms with Gasteiger partial charge in [0, 0.05) is 16.7 Å². The Morgan fingerprint density at radius 2 is 2.10 bits per heavy atom. The SMILES string of the molecule is COC(=O)c1sc(Br)cc1O[C@@H](C)c1ccccc1Cl. The summed E-state index contributed by atoms with van der Waals surface area (Å²) in [6, 6.07) is 9.21. The summed E-state index contributed by atoms with van der Waals surface area (Å²) in [6.07, 6.45) is -0.270. The van der Waals surface area contributed by atoms with E-state index < -0.39 is 5.97 Å². The molecule has 0 aliphatic heterocycles. The normalized spacial score (nSPS) is 12.0. The van der Waals surface area contributed by atoms with Gasteiger partial charge in [-0.05, 0) is 28.9 Å². The Balaban J connectivity index is 2.26. The average molecular weight is 376 g/mol. The van der Waals surface area contributed by atoms with Crippen molar-refractivity contribution in [1.29, 1.82) is 0 Å². The van der Waals surface area contributed by atoms with Crippen molar-refractivity contribution >= 4 is 44.8 Å². The molecule has 0 amide bonds. The summed E-state index contributed by atoms with van der Waals surface area (Å²) < 4.78 is 11.4. The maximum atomic E-state index is 11.7. The molecular weight excluding hydrogens is 364 g/mol. The van der Waals surface area contributed by atoms with Crippen molar-refractivity contribution in [3.05, 3.63) is 49.6 Å². The first kappa shape index (κ1) is 15.4. The van der Waals surface area contributed by atoms with E-state index in [0.29, 0.717) is 15.6 Å². The highest BCUT2D eigenvalue weighted by Crippen LogP contribution is 2.37. The fourth-order valence-electron chi connectivity index (χ4n) is 1.73. The van der Waals surface area contributed by atoms with Crippen molar-refractivity contribution < 1.29 is 14.3 Å². The fourth-order valence-corrected chi connectivity index (χ4v) is 3.45. The van der Waals surface area contributed by atoms with Gasteiger partial charge in [-0.1, -0.05) is 29.8 Å². The summed E-state index contributed by atoms with van der Waals surface area (Å²) in [5, 5.41) is 0.633. The lowest BCUT2D eigenvalue weighted by Gasteiger charge is -2.16. The lowest BCUT2D eigenvalue weighted by Crippen LogP contribution is -2.07. The Labute approximate surface area is 134 Å². The van der Waals surface area contributed by atoms with Crippen molar-refractivity contribution in [2.45, 2.75) is 13.0 Å². The number of ether oxygens (including phenoxy) is 2. The van der Waals surface area contributed by atoms with Gasteiger partial charge in [-0.3, -0.25) is 0 Å². The maximum absolute atomic E-state index is 11.7. The monoisotopic (exact) mass is 374 g/mol. The van der Waals surface area contributed by atoms with E-state index in [4.69, 9.17) is 21.1 Å². The number of halogens is 2. The van der Waals surface area contributed by atoms with Crippen LogP contribution in [-0.2, 0) is 4.74 Å². The van der Waals surface area contributed by atoms with Crippen molar-refractivity contribution in [2.24, 2.45) is 0 Å². The zero-order valence-corrected chi connectivity index (χ0v) is 14.0. The second kappa shape index (κ2) is 6.61. The fraction of sp³-hybridized carbons (Fsp3) is 0.214. The molecule has 1 aromatic heterocycles. The second-order valence-corrected chi connectivity index (χ2v) is 6.86. The van der Waals surface area contributed by atoms with Crippen LogP contribution in [0.4, 0.5) is 0 Å². The lowest BCUT2D eigenvalue weighted by molar-refractivity contribution is 0.0600. The molecule has 1 atom stereocenters. The van der Waals surface area contributed by atoms with E-state index in [0.717, 1.165) is 9.35 Å². The van der Waals surface area contributed by atoms with E-state index in [1.807, 2.05) is 31.2 Å². The van der Waals surface area contributed by atoms with Crippen molar-refractivity contribution in [3.63, 3.8) is 0 Å². The van der Waals surface area contributed by atoms with Gasteiger partial charge in [-0.25, -0.2) is 4.79 Å². The second-order valence-electron chi connectivity index (χ2n) is 4.02. The van der Waals surface area contributed by atoms with Gasteiger partial charge in [0.15, 0.2) is 4.88 Å². The van der Waals surface area contributed by atoms with Crippen LogP contribution in [0.25, 0.3) is 0 Å². The molecule has 6 heteroatoms. The van der Waals surface area contributed by atoms with Gasteiger partial charge in [0.05, 0.1) is 10.9 Å². The molecule has 0 spiro atoms. The minimum Gasteiger partial charge on any atom is -0.484 e. The van der Waals surface area contributed by atoms with Gasteiger partial charge in [0.25, 0.3) is 0 Å². The minimum atomic E-state index is -0.415. The average Bonchev–Trinajstić information content (AvgIpc) is 2.79. The molecule has 0 radical (unpaired) electrons. The number of benzene rings is 1. The van der Waals surface area contributed by atoms with E-state index >= 15 is 0 Å². The third kappa shape index (κ3) is 3.34. The Morgan fingerprint density at radius 3 is 2.75 bits per heavy atom. The van der Waals surface area contributed by atoms with Gasteiger partial charge in [-0.15, -0.1) is 11.3 Å². The first-order valence-electron chi connectivity index (χ1n) is 5.81. The first-order valence-corrected chi connectivity index (χ1v) is 7.80. The number of carbonyl (C=O) groups is 1. The van der Waals surface area contributed by atoms with Crippen LogP contribution in [0.5, 0.6) is 5.75 Å². The summed E-state index contributed by atoms with van der Waals surface area (Å²) in [5.74, 6) is 0.0724. The third-order valence-electron chi connectivity index (χ3n) is 2.69. The molecule has 2 rings (SSSR count). The number of carbonyl (C=O) groups excluding carboxylic acids is 1. The molecule has 0 bridgehead atoms. The summed E-state index contributed by atoms with van der Waals surface area (Å²) in [7, 11) is 1.34. The maximum Gasteiger partial charge on any atom is 0.351 e. The number of rotatable bonds is 4. The van der Waals surface area contributed by atoms with Crippen LogP contribution in [0, 0.1) is 0 Å². The van der Waals surface area contributed by atoms with Crippen LogP contribution in [-0.4, -0.2) is 13.1 Å². The number of hydrogen-bond acceptors (Lipinski definition) is 4. The van der Waals surface area contributed by atoms with Gasteiger partial charge < -0.3 is 9.47 Å². The van der Waals surface area contributed by atoms with Crippen molar-refractivity contribution in [1.82, 2.24) is 0 Å². The molecule has 0 aliphatic rings. The van der Waals surface area contributed by atoms with Gasteiger partial charge in [0.2, 0.25) is 0 Å². The van der Waals surface area contributed by atoms with Gasteiger partial charge in [-0.2, -0.15) is 0 Å². The number of esters is 1. The first-order chi connectivity index (χ1) is 9.52. The Kier molecular flexibility index (Phi) is 5.07. The van der Waals surface area contributed by atoms with E-state index in [1.54, 1.807) is 6.07 Å². The van der Waals surface area contributed by atoms with E-state index in [2.05, 4.69) is 15.9 Å². The topological polar surface area (TPSA) is 35.5 Å². The van der Waals surface area contributed by atoms with Crippen LogP contribution in [0.1, 0.15) is 28.3 Å². The Hall–Kier alpha value is -1.04. The minimum absolute atomic E-state index is 0.270. The predicted octanol–water partition coefficient (Wildman–Crippen LogP) is 5.09. The van der Waals surface area contributed by atoms with Crippen LogP contribution < -0.4 is 4.74 Å². The van der Waals surface area contributed by atoms with Crippen molar-refractivity contribution in [2.75, 3.05) is 7.11 Å². The van der Waals surface area contributed by atoms with E-state index in [-0.39, 0.29) is 6.10 Å². The molecule has 106 valence electrons. The number of thiophene rings is 1. The molecule has 0 aliphatic carbocycles. The van der Waals surface area contributed by atoms with Crippen LogP contribution in [0.3, 0.4) is 0 Å². The molecule has 2 aromatic rings. The number of methoxy groups -OCH3 is 1. The third-order valence-corrected chi connectivity index (χ3v) is 4.63. The highest BCUT2D eigenvalue weighted by Gasteiger charge is 2.20. The molecule has 3 nitrogen and oxygen atoms in total. The molecule has 0 fully saturated rings. The van der Waals surface area contributed by atoms with Gasteiger partial charge in [0.1, 0.15) is 11.9 Å². The highest BCUT2D eigenvalue weighted by atomic mass is 79.9. The summed E-state index contributed by atoms with van der Waals surface area (Å²) in [5.41, 5.74) is 0.868. The standard InChI is InChI=1S/C14H12BrClO3S/c1-8(9-5-3-4-6-10(9)16)19-11-7-12(15)20-13(11)14(17)18-2/h3-8H,1-2H3/t8-/m0/s1. The smallest absolute Gasteiger partial charge is 0.351 e. The molecular formula is C14H12BrClO3S. The zero-order valence-electron chi connectivity index (χ0n) is 10.9. The summed E-state index contributed by atoms with van der Waals surface area (Å²) >= 11 is 10.8. The van der Waals surface area contributed by atoms with Crippen LogP contribution in [0.2, 0.25) is 5.02 Å². The Bertz CT molecular complexity index is 627. The van der Waals surface area contributed by atoms with Gasteiger partial charge >= 0.3 is 5.97 Å². The molecule has 1 aromatic carbocycles. The molecule has 1 heterocycles. The number of hydrogen-bond donors (Lipinski definition) is 0. The van der Waals surface area contributed by atoms with E-state index in [1.165, 1.54) is 18.4 Å². The lowest BCUT2D eigenvalue weighted by atomic mass is 10.1. The quantitative estimate of drug-likeness (QED) is 0.698. The molecule has 20 heavy (non-hydrogen) atoms. The van der Waals surface area contributed by atoms with Crippen molar-refractivity contribution in [3.8, 4) is 5.75 Å².